The summed E-state index contributed by atoms with van der Waals surface area (Å²) in [6, 6.07) is 21.6. The van der Waals surface area contributed by atoms with E-state index in [1.807, 2.05) is 36.4 Å². The van der Waals surface area contributed by atoms with Crippen LogP contribution in [0.1, 0.15) is 32.7 Å². The first-order valence-electron chi connectivity index (χ1n) is 9.65. The highest BCUT2D eigenvalue weighted by molar-refractivity contribution is 6.04. The number of anilines is 1. The lowest BCUT2D eigenvalue weighted by molar-refractivity contribution is 0.102. The van der Waals surface area contributed by atoms with Gasteiger partial charge in [0.1, 0.15) is 5.75 Å². The Morgan fingerprint density at radius 2 is 1.76 bits per heavy atom. The van der Waals surface area contributed by atoms with Crippen LogP contribution in [0.15, 0.2) is 66.7 Å². The van der Waals surface area contributed by atoms with Gasteiger partial charge in [0.05, 0.1) is 7.11 Å². The van der Waals surface area contributed by atoms with Crippen molar-refractivity contribution in [2.45, 2.75) is 20.3 Å². The molecule has 0 bridgehead atoms. The van der Waals surface area contributed by atoms with Crippen molar-refractivity contribution in [3.63, 3.8) is 0 Å². The fourth-order valence-electron chi connectivity index (χ4n) is 3.58. The number of carbonyl (C=O) groups excluding carboxylic acids is 1. The Kier molecular flexibility index (Phi) is 5.09. The van der Waals surface area contributed by atoms with E-state index < -0.39 is 0 Å². The molecule has 29 heavy (non-hydrogen) atoms. The summed E-state index contributed by atoms with van der Waals surface area (Å²) in [4.78, 5) is 16.1. The van der Waals surface area contributed by atoms with Crippen LogP contribution in [0.3, 0.4) is 0 Å². The zero-order chi connectivity index (χ0) is 20.4. The molecule has 2 N–H and O–H groups in total. The van der Waals surface area contributed by atoms with Gasteiger partial charge in [-0.2, -0.15) is 0 Å². The fraction of sp³-hybridized carbons (Fsp3) is 0.160. The molecule has 4 nitrogen and oxygen atoms in total. The minimum absolute atomic E-state index is 0.132. The monoisotopic (exact) mass is 384 g/mol. The van der Waals surface area contributed by atoms with Gasteiger partial charge in [0, 0.05) is 33.9 Å². The van der Waals surface area contributed by atoms with Gasteiger partial charge in [-0.3, -0.25) is 4.79 Å². The van der Waals surface area contributed by atoms with E-state index in [1.165, 1.54) is 22.2 Å². The van der Waals surface area contributed by atoms with Crippen molar-refractivity contribution >= 4 is 22.5 Å². The maximum atomic E-state index is 12.7. The van der Waals surface area contributed by atoms with E-state index in [4.69, 9.17) is 4.74 Å². The minimum Gasteiger partial charge on any atom is -0.497 e. The van der Waals surface area contributed by atoms with Crippen LogP contribution in [0.4, 0.5) is 5.69 Å². The van der Waals surface area contributed by atoms with Crippen molar-refractivity contribution < 1.29 is 9.53 Å². The van der Waals surface area contributed by atoms with Crippen molar-refractivity contribution in [1.82, 2.24) is 4.98 Å². The van der Waals surface area contributed by atoms with E-state index in [9.17, 15) is 4.79 Å². The molecule has 0 radical (unpaired) electrons. The van der Waals surface area contributed by atoms with Crippen LogP contribution < -0.4 is 10.1 Å². The predicted octanol–water partition coefficient (Wildman–Crippen LogP) is 5.64. The van der Waals surface area contributed by atoms with Gasteiger partial charge in [-0.15, -0.1) is 0 Å². The van der Waals surface area contributed by atoms with E-state index in [-0.39, 0.29) is 5.91 Å². The van der Waals surface area contributed by atoms with Gasteiger partial charge in [-0.25, -0.2) is 0 Å². The second kappa shape index (κ2) is 7.84. The number of hydrogen-bond acceptors (Lipinski definition) is 2. The summed E-state index contributed by atoms with van der Waals surface area (Å²) in [6.45, 7) is 4.24. The lowest BCUT2D eigenvalue weighted by Gasteiger charge is -2.09. The maximum Gasteiger partial charge on any atom is 0.255 e. The molecule has 0 aliphatic rings. The third kappa shape index (κ3) is 4.02. The average Bonchev–Trinajstić information content (AvgIpc) is 3.02. The molecule has 4 heteroatoms. The van der Waals surface area contributed by atoms with Gasteiger partial charge >= 0.3 is 0 Å². The lowest BCUT2D eigenvalue weighted by atomic mass is 10.0. The van der Waals surface area contributed by atoms with Crippen molar-refractivity contribution in [3.05, 3.63) is 94.7 Å². The Balaban J connectivity index is 1.53. The van der Waals surface area contributed by atoms with Crippen LogP contribution >= 0.6 is 0 Å². The number of aromatic amines is 1. The Bertz CT molecular complexity index is 1190. The van der Waals surface area contributed by atoms with Gasteiger partial charge in [0.2, 0.25) is 0 Å². The Morgan fingerprint density at radius 1 is 0.966 bits per heavy atom. The number of hydrogen-bond donors (Lipinski definition) is 2. The number of amides is 1. The molecule has 146 valence electrons. The summed E-state index contributed by atoms with van der Waals surface area (Å²) < 4.78 is 5.21. The molecular formula is C25H24N2O2. The number of rotatable bonds is 5. The van der Waals surface area contributed by atoms with E-state index in [1.54, 1.807) is 13.2 Å². The molecule has 0 aliphatic carbocycles. The Hall–Kier alpha value is -3.53. The third-order valence-corrected chi connectivity index (χ3v) is 5.30. The van der Waals surface area contributed by atoms with E-state index >= 15 is 0 Å². The molecule has 0 unspecified atom stereocenters. The zero-order valence-corrected chi connectivity index (χ0v) is 16.9. The van der Waals surface area contributed by atoms with Crippen molar-refractivity contribution in [1.29, 1.82) is 0 Å². The van der Waals surface area contributed by atoms with Gasteiger partial charge < -0.3 is 15.0 Å². The van der Waals surface area contributed by atoms with E-state index in [0.717, 1.165) is 17.5 Å². The number of H-pyrrole nitrogens is 1. The first-order chi connectivity index (χ1) is 14.0. The van der Waals surface area contributed by atoms with Gasteiger partial charge in [-0.05, 0) is 73.4 Å². The van der Waals surface area contributed by atoms with Crippen molar-refractivity contribution in [2.75, 3.05) is 12.4 Å². The highest BCUT2D eigenvalue weighted by Gasteiger charge is 2.09. The highest BCUT2D eigenvalue weighted by atomic mass is 16.5. The van der Waals surface area contributed by atoms with Crippen LogP contribution in [-0.2, 0) is 6.42 Å². The third-order valence-electron chi connectivity index (χ3n) is 5.30. The minimum atomic E-state index is -0.132. The average molecular weight is 384 g/mol. The normalized spacial score (nSPS) is 10.9. The zero-order valence-electron chi connectivity index (χ0n) is 16.9. The number of methoxy groups -OCH3 is 1. The number of aromatic nitrogens is 1. The molecule has 1 amide bonds. The topological polar surface area (TPSA) is 54.1 Å². The maximum absolute atomic E-state index is 12.7. The Morgan fingerprint density at radius 3 is 2.59 bits per heavy atom. The number of benzene rings is 3. The lowest BCUT2D eigenvalue weighted by Crippen LogP contribution is -2.12. The molecule has 3 aromatic carbocycles. The molecule has 0 atom stereocenters. The number of carbonyl (C=O) groups is 1. The van der Waals surface area contributed by atoms with Crippen LogP contribution in [-0.4, -0.2) is 18.0 Å². The summed E-state index contributed by atoms with van der Waals surface area (Å²) in [7, 11) is 1.61. The summed E-state index contributed by atoms with van der Waals surface area (Å²) in [5.41, 5.74) is 7.33. The quantitative estimate of drug-likeness (QED) is 0.468. The molecule has 0 fully saturated rings. The van der Waals surface area contributed by atoms with Crippen LogP contribution in [0.2, 0.25) is 0 Å². The van der Waals surface area contributed by atoms with E-state index in [0.29, 0.717) is 17.0 Å². The number of nitrogens with one attached hydrogen (secondary N) is 2. The van der Waals surface area contributed by atoms with Gasteiger partial charge in [0.25, 0.3) is 5.91 Å². The largest absolute Gasteiger partial charge is 0.497 e. The second-order valence-corrected chi connectivity index (χ2v) is 7.32. The number of ether oxygens (including phenoxy) is 1. The standard InChI is InChI=1S/C25H24N2O2/c1-16-17(2)26-24-11-10-19(14-23(16)24)12-18-6-4-7-20(13-18)25(28)27-21-8-5-9-22(15-21)29-3/h4-11,13-15,26H,12H2,1-3H3,(H,27,28). The molecular weight excluding hydrogens is 360 g/mol. The van der Waals surface area contributed by atoms with E-state index in [2.05, 4.69) is 48.4 Å². The highest BCUT2D eigenvalue weighted by Crippen LogP contribution is 2.24. The summed E-state index contributed by atoms with van der Waals surface area (Å²) in [5, 5.41) is 4.19. The summed E-state index contributed by atoms with van der Waals surface area (Å²) >= 11 is 0. The molecule has 0 spiro atoms. The molecule has 1 aromatic heterocycles. The molecule has 0 saturated heterocycles. The summed E-state index contributed by atoms with van der Waals surface area (Å²) in [5.74, 6) is 0.579. The molecule has 0 aliphatic heterocycles. The first-order valence-corrected chi connectivity index (χ1v) is 9.65. The van der Waals surface area contributed by atoms with Crippen molar-refractivity contribution in [2.24, 2.45) is 0 Å². The van der Waals surface area contributed by atoms with Crippen LogP contribution in [0.5, 0.6) is 5.75 Å². The van der Waals surface area contributed by atoms with Gasteiger partial charge in [0.15, 0.2) is 0 Å². The molecule has 4 rings (SSSR count). The van der Waals surface area contributed by atoms with Crippen LogP contribution in [0.25, 0.3) is 10.9 Å². The molecule has 1 heterocycles. The molecule has 4 aromatic rings. The molecule has 0 saturated carbocycles. The van der Waals surface area contributed by atoms with Crippen molar-refractivity contribution in [3.8, 4) is 5.75 Å². The Labute approximate surface area is 170 Å². The van der Waals surface area contributed by atoms with Gasteiger partial charge in [-0.1, -0.05) is 24.3 Å². The summed E-state index contributed by atoms with van der Waals surface area (Å²) in [6.07, 6.45) is 0.778. The van der Waals surface area contributed by atoms with Crippen LogP contribution in [0, 0.1) is 13.8 Å². The predicted molar refractivity (Wildman–Crippen MR) is 118 cm³/mol. The number of fused-ring (bicyclic) bond motifs is 1. The SMILES string of the molecule is COc1cccc(NC(=O)c2cccc(Cc3ccc4[nH]c(C)c(C)c4c3)c2)c1. The second-order valence-electron chi connectivity index (χ2n) is 7.32. The number of aryl methyl sites for hydroxylation is 2. The first kappa shape index (κ1) is 18.8. The fourth-order valence-corrected chi connectivity index (χ4v) is 3.58. The smallest absolute Gasteiger partial charge is 0.255 e.